The summed E-state index contributed by atoms with van der Waals surface area (Å²) in [4.78, 5) is 15.9. The first-order valence-electron chi connectivity index (χ1n) is 5.87. The van der Waals surface area contributed by atoms with Crippen molar-refractivity contribution in [1.82, 2.24) is 10.3 Å². The van der Waals surface area contributed by atoms with Crippen molar-refractivity contribution in [1.29, 1.82) is 0 Å². The Morgan fingerprint density at radius 2 is 2.21 bits per heavy atom. The molecular formula is C13H14BrN3O2. The zero-order valence-electron chi connectivity index (χ0n) is 10.2. The first-order chi connectivity index (χ1) is 9.20. The Kier molecular flexibility index (Phi) is 4.70. The van der Waals surface area contributed by atoms with E-state index in [0.29, 0.717) is 25.4 Å². The first-order valence-corrected chi connectivity index (χ1v) is 6.66. The number of halogens is 1. The van der Waals surface area contributed by atoms with Crippen molar-refractivity contribution in [3.8, 4) is 0 Å². The van der Waals surface area contributed by atoms with E-state index in [1.807, 2.05) is 24.3 Å². The Hall–Kier alpha value is -1.66. The summed E-state index contributed by atoms with van der Waals surface area (Å²) in [5, 5.41) is 2.79. The fourth-order valence-corrected chi connectivity index (χ4v) is 1.99. The average Bonchev–Trinajstić information content (AvgIpc) is 2.87. The van der Waals surface area contributed by atoms with E-state index < -0.39 is 0 Å². The predicted molar refractivity (Wildman–Crippen MR) is 74.6 cm³/mol. The van der Waals surface area contributed by atoms with Gasteiger partial charge >= 0.3 is 0 Å². The van der Waals surface area contributed by atoms with Crippen molar-refractivity contribution in [2.75, 3.05) is 6.54 Å². The van der Waals surface area contributed by atoms with Crippen molar-refractivity contribution in [3.63, 3.8) is 0 Å². The van der Waals surface area contributed by atoms with Crippen LogP contribution >= 0.6 is 15.9 Å². The molecular weight excluding hydrogens is 310 g/mol. The topological polar surface area (TPSA) is 81.1 Å². The van der Waals surface area contributed by atoms with E-state index in [0.717, 1.165) is 10.0 Å². The maximum atomic E-state index is 11.9. The van der Waals surface area contributed by atoms with Crippen molar-refractivity contribution >= 4 is 21.8 Å². The second-order valence-corrected chi connectivity index (χ2v) is 4.79. The molecule has 1 amide bonds. The number of benzene rings is 1. The predicted octanol–water partition coefficient (Wildman–Crippen LogP) is 1.87. The normalized spacial score (nSPS) is 10.4. The zero-order chi connectivity index (χ0) is 13.7. The summed E-state index contributed by atoms with van der Waals surface area (Å²) in [7, 11) is 0. The number of hydrogen-bond acceptors (Lipinski definition) is 4. The Balaban J connectivity index is 1.95. The van der Waals surface area contributed by atoms with Crippen LogP contribution in [0, 0.1) is 0 Å². The lowest BCUT2D eigenvalue weighted by atomic mass is 10.2. The summed E-state index contributed by atoms with van der Waals surface area (Å²) in [5.41, 5.74) is 6.67. The van der Waals surface area contributed by atoms with Crippen LogP contribution in [-0.2, 0) is 13.0 Å². The van der Waals surface area contributed by atoms with Crippen LogP contribution in [0.3, 0.4) is 0 Å². The Morgan fingerprint density at radius 3 is 2.95 bits per heavy atom. The molecule has 0 fully saturated rings. The quantitative estimate of drug-likeness (QED) is 0.880. The number of amides is 1. The number of nitrogens with two attached hydrogens (primary N) is 1. The molecule has 19 heavy (non-hydrogen) atoms. The maximum absolute atomic E-state index is 11.9. The largest absolute Gasteiger partial charge is 0.448 e. The fraction of sp³-hybridized carbons (Fsp3) is 0.231. The summed E-state index contributed by atoms with van der Waals surface area (Å²) in [6.45, 7) is 0.873. The summed E-state index contributed by atoms with van der Waals surface area (Å²) >= 11 is 3.43. The van der Waals surface area contributed by atoms with Crippen LogP contribution in [0.1, 0.15) is 21.9 Å². The van der Waals surface area contributed by atoms with E-state index in [4.69, 9.17) is 10.2 Å². The van der Waals surface area contributed by atoms with E-state index in [1.54, 1.807) is 0 Å². The van der Waals surface area contributed by atoms with E-state index in [-0.39, 0.29) is 11.6 Å². The summed E-state index contributed by atoms with van der Waals surface area (Å²) in [6.07, 6.45) is 1.87. The van der Waals surface area contributed by atoms with Crippen LogP contribution in [0.5, 0.6) is 0 Å². The molecule has 0 unspecified atom stereocenters. The van der Waals surface area contributed by atoms with E-state index in [9.17, 15) is 4.79 Å². The lowest BCUT2D eigenvalue weighted by molar-refractivity contribution is 0.0946. The van der Waals surface area contributed by atoms with Gasteiger partial charge in [-0.2, -0.15) is 0 Å². The standard InChI is InChI=1S/C13H14BrN3O2/c14-10-4-2-1-3-9(10)7-16-13(18)11-8-19-12(17-11)5-6-15/h1-4,8H,5-7,15H2,(H,16,18). The zero-order valence-corrected chi connectivity index (χ0v) is 11.8. The monoisotopic (exact) mass is 323 g/mol. The molecule has 0 saturated heterocycles. The number of carbonyl (C=O) groups excluding carboxylic acids is 1. The molecule has 0 atom stereocenters. The number of aromatic nitrogens is 1. The van der Waals surface area contributed by atoms with Crippen LogP contribution in [0.15, 0.2) is 39.4 Å². The van der Waals surface area contributed by atoms with Crippen LogP contribution in [-0.4, -0.2) is 17.4 Å². The third-order valence-corrected chi connectivity index (χ3v) is 3.31. The fourth-order valence-electron chi connectivity index (χ4n) is 1.56. The van der Waals surface area contributed by atoms with Gasteiger partial charge in [-0.15, -0.1) is 0 Å². The highest BCUT2D eigenvalue weighted by atomic mass is 79.9. The summed E-state index contributed by atoms with van der Waals surface area (Å²) in [5.74, 6) is 0.219. The third-order valence-electron chi connectivity index (χ3n) is 2.54. The van der Waals surface area contributed by atoms with Crippen molar-refractivity contribution < 1.29 is 9.21 Å². The number of oxazole rings is 1. The minimum atomic E-state index is -0.261. The second kappa shape index (κ2) is 6.49. The van der Waals surface area contributed by atoms with Gasteiger partial charge in [0, 0.05) is 24.0 Å². The molecule has 0 aliphatic rings. The van der Waals surface area contributed by atoms with Crippen molar-refractivity contribution in [3.05, 3.63) is 52.1 Å². The Bertz CT molecular complexity index is 569. The molecule has 0 aliphatic carbocycles. The van der Waals surface area contributed by atoms with Crippen LogP contribution in [0.4, 0.5) is 0 Å². The summed E-state index contributed by atoms with van der Waals surface area (Å²) in [6, 6.07) is 7.71. The molecule has 0 saturated carbocycles. The van der Waals surface area contributed by atoms with Gasteiger partial charge in [0.2, 0.25) is 0 Å². The Labute approximate surface area is 119 Å². The van der Waals surface area contributed by atoms with Crippen LogP contribution < -0.4 is 11.1 Å². The minimum absolute atomic E-state index is 0.261. The third kappa shape index (κ3) is 3.65. The highest BCUT2D eigenvalue weighted by Crippen LogP contribution is 2.15. The first kappa shape index (κ1) is 13.8. The molecule has 1 heterocycles. The van der Waals surface area contributed by atoms with Crippen molar-refractivity contribution in [2.24, 2.45) is 5.73 Å². The molecule has 2 aromatic rings. The number of carbonyl (C=O) groups is 1. The summed E-state index contributed by atoms with van der Waals surface area (Å²) < 4.78 is 6.10. The molecule has 0 spiro atoms. The second-order valence-electron chi connectivity index (χ2n) is 3.94. The van der Waals surface area contributed by atoms with Gasteiger partial charge in [0.05, 0.1) is 0 Å². The molecule has 1 aromatic carbocycles. The smallest absolute Gasteiger partial charge is 0.273 e. The van der Waals surface area contributed by atoms with Gasteiger partial charge in [-0.25, -0.2) is 4.98 Å². The molecule has 0 bridgehead atoms. The molecule has 5 nitrogen and oxygen atoms in total. The molecule has 2 rings (SSSR count). The minimum Gasteiger partial charge on any atom is -0.448 e. The van der Waals surface area contributed by atoms with Gasteiger partial charge in [-0.1, -0.05) is 34.1 Å². The van der Waals surface area contributed by atoms with Crippen LogP contribution in [0.2, 0.25) is 0 Å². The number of nitrogens with one attached hydrogen (secondary N) is 1. The number of hydrogen-bond donors (Lipinski definition) is 2. The number of rotatable bonds is 5. The van der Waals surface area contributed by atoms with E-state index in [1.165, 1.54) is 6.26 Å². The molecule has 3 N–H and O–H groups in total. The molecule has 0 aliphatic heterocycles. The van der Waals surface area contributed by atoms with Gasteiger partial charge < -0.3 is 15.5 Å². The lowest BCUT2D eigenvalue weighted by Gasteiger charge is -2.05. The molecule has 0 radical (unpaired) electrons. The van der Waals surface area contributed by atoms with Crippen molar-refractivity contribution in [2.45, 2.75) is 13.0 Å². The Morgan fingerprint density at radius 1 is 1.42 bits per heavy atom. The van der Waals surface area contributed by atoms with Gasteiger partial charge in [0.25, 0.3) is 5.91 Å². The molecule has 1 aromatic heterocycles. The van der Waals surface area contributed by atoms with Gasteiger partial charge in [-0.05, 0) is 11.6 Å². The van der Waals surface area contributed by atoms with E-state index >= 15 is 0 Å². The molecule has 100 valence electrons. The van der Waals surface area contributed by atoms with E-state index in [2.05, 4.69) is 26.2 Å². The van der Waals surface area contributed by atoms with Gasteiger partial charge in [0.1, 0.15) is 6.26 Å². The van der Waals surface area contributed by atoms with Crippen LogP contribution in [0.25, 0.3) is 0 Å². The SMILES string of the molecule is NCCc1nc(C(=O)NCc2ccccc2Br)co1. The maximum Gasteiger partial charge on any atom is 0.273 e. The number of nitrogens with zero attached hydrogens (tertiary/aromatic N) is 1. The van der Waals surface area contributed by atoms with Gasteiger partial charge in [0.15, 0.2) is 11.6 Å². The average molecular weight is 324 g/mol. The highest BCUT2D eigenvalue weighted by molar-refractivity contribution is 9.10. The lowest BCUT2D eigenvalue weighted by Crippen LogP contribution is -2.23. The van der Waals surface area contributed by atoms with Gasteiger partial charge in [-0.3, -0.25) is 4.79 Å². The highest BCUT2D eigenvalue weighted by Gasteiger charge is 2.11. The molecule has 6 heteroatoms.